The van der Waals surface area contributed by atoms with Gasteiger partial charge in [-0.1, -0.05) is 13.8 Å². The van der Waals surface area contributed by atoms with E-state index >= 15 is 0 Å². The van der Waals surface area contributed by atoms with Gasteiger partial charge < -0.3 is 10.2 Å². The van der Waals surface area contributed by atoms with Gasteiger partial charge in [0.2, 0.25) is 0 Å². The van der Waals surface area contributed by atoms with E-state index in [2.05, 4.69) is 5.10 Å². The minimum atomic E-state index is -0.980. The second kappa shape index (κ2) is 5.12. The molecule has 1 rings (SSSR count). The Balaban J connectivity index is 3.02. The number of aryl methyl sites for hydroxylation is 2. The zero-order chi connectivity index (χ0) is 12.3. The number of aliphatic hydroxyl groups is 1. The third-order valence-corrected chi connectivity index (χ3v) is 2.73. The topological polar surface area (TPSA) is 75.3 Å². The summed E-state index contributed by atoms with van der Waals surface area (Å²) in [6.07, 6.45) is 1.79. The number of rotatable bonds is 5. The van der Waals surface area contributed by atoms with Crippen molar-refractivity contribution in [1.29, 1.82) is 0 Å². The lowest BCUT2D eigenvalue weighted by molar-refractivity contribution is -0.146. The molecular weight excluding hydrogens is 208 g/mol. The molecule has 1 aromatic rings. The molecule has 0 aliphatic carbocycles. The van der Waals surface area contributed by atoms with E-state index in [-0.39, 0.29) is 0 Å². The number of aromatic nitrogens is 2. The maximum Gasteiger partial charge on any atom is 0.309 e. The molecule has 1 heterocycles. The Kier molecular flexibility index (Phi) is 4.06. The average molecular weight is 226 g/mol. The van der Waals surface area contributed by atoms with Gasteiger partial charge in [0.15, 0.2) is 0 Å². The SMILES string of the molecule is CCc1nn(C)cc1C(O)C(CC)C(=O)O. The molecule has 0 aliphatic heterocycles. The summed E-state index contributed by atoms with van der Waals surface area (Å²) >= 11 is 0. The highest BCUT2D eigenvalue weighted by atomic mass is 16.4. The van der Waals surface area contributed by atoms with Gasteiger partial charge in [0.1, 0.15) is 0 Å². The van der Waals surface area contributed by atoms with Crippen LogP contribution in [0.1, 0.15) is 37.6 Å². The molecule has 0 fully saturated rings. The first kappa shape index (κ1) is 12.7. The van der Waals surface area contributed by atoms with Gasteiger partial charge in [-0.2, -0.15) is 5.10 Å². The molecule has 0 amide bonds. The van der Waals surface area contributed by atoms with E-state index in [0.717, 1.165) is 5.69 Å². The van der Waals surface area contributed by atoms with Crippen molar-refractivity contribution in [3.05, 3.63) is 17.5 Å². The van der Waals surface area contributed by atoms with Crippen molar-refractivity contribution in [3.8, 4) is 0 Å². The van der Waals surface area contributed by atoms with Crippen molar-refractivity contribution >= 4 is 5.97 Å². The molecule has 2 atom stereocenters. The Morgan fingerprint density at radius 2 is 2.19 bits per heavy atom. The summed E-state index contributed by atoms with van der Waals surface area (Å²) in [5.41, 5.74) is 1.38. The van der Waals surface area contributed by atoms with Crippen LogP contribution in [0.5, 0.6) is 0 Å². The smallest absolute Gasteiger partial charge is 0.309 e. The van der Waals surface area contributed by atoms with Gasteiger partial charge in [0, 0.05) is 18.8 Å². The highest BCUT2D eigenvalue weighted by Crippen LogP contribution is 2.27. The molecule has 0 aromatic carbocycles. The molecule has 0 saturated carbocycles. The Hall–Kier alpha value is -1.36. The Morgan fingerprint density at radius 1 is 1.56 bits per heavy atom. The Morgan fingerprint density at radius 3 is 2.62 bits per heavy atom. The summed E-state index contributed by atoms with van der Waals surface area (Å²) in [4.78, 5) is 11.0. The van der Waals surface area contributed by atoms with Gasteiger partial charge >= 0.3 is 5.97 Å². The number of carboxylic acids is 1. The van der Waals surface area contributed by atoms with E-state index in [1.165, 1.54) is 0 Å². The predicted molar refractivity (Wildman–Crippen MR) is 59.0 cm³/mol. The van der Waals surface area contributed by atoms with Crippen molar-refractivity contribution in [2.45, 2.75) is 32.8 Å². The summed E-state index contributed by atoms with van der Waals surface area (Å²) in [6.45, 7) is 3.68. The van der Waals surface area contributed by atoms with Crippen LogP contribution in [0.15, 0.2) is 6.20 Å². The van der Waals surface area contributed by atoms with Crippen LogP contribution in [0.3, 0.4) is 0 Å². The molecule has 0 bridgehead atoms. The number of carbonyl (C=O) groups is 1. The maximum atomic E-state index is 11.0. The maximum absolute atomic E-state index is 11.0. The van der Waals surface area contributed by atoms with Gasteiger partial charge in [-0.15, -0.1) is 0 Å². The zero-order valence-electron chi connectivity index (χ0n) is 9.84. The summed E-state index contributed by atoms with van der Waals surface area (Å²) in [5.74, 6) is -1.74. The normalized spacial score (nSPS) is 14.8. The lowest BCUT2D eigenvalue weighted by Crippen LogP contribution is -2.21. The number of aliphatic carboxylic acids is 1. The lowest BCUT2D eigenvalue weighted by Gasteiger charge is -2.17. The van der Waals surface area contributed by atoms with Crippen molar-refractivity contribution in [3.63, 3.8) is 0 Å². The van der Waals surface area contributed by atoms with Gasteiger partial charge in [0.05, 0.1) is 17.7 Å². The molecule has 2 N–H and O–H groups in total. The fourth-order valence-electron chi connectivity index (χ4n) is 1.82. The number of hydrogen-bond donors (Lipinski definition) is 2. The molecule has 0 aliphatic rings. The fourth-order valence-corrected chi connectivity index (χ4v) is 1.82. The molecule has 1 aromatic heterocycles. The summed E-state index contributed by atoms with van der Waals surface area (Å²) < 4.78 is 1.60. The minimum Gasteiger partial charge on any atom is -0.481 e. The first-order valence-electron chi connectivity index (χ1n) is 5.44. The van der Waals surface area contributed by atoms with Crippen LogP contribution < -0.4 is 0 Å². The van der Waals surface area contributed by atoms with Crippen LogP contribution in [0, 0.1) is 5.92 Å². The van der Waals surface area contributed by atoms with Crippen molar-refractivity contribution in [1.82, 2.24) is 9.78 Å². The van der Waals surface area contributed by atoms with E-state index in [1.807, 2.05) is 6.92 Å². The monoisotopic (exact) mass is 226 g/mol. The fraction of sp³-hybridized carbons (Fsp3) is 0.636. The van der Waals surface area contributed by atoms with Gasteiger partial charge in [-0.25, -0.2) is 0 Å². The number of carboxylic acid groups (broad SMARTS) is 1. The van der Waals surface area contributed by atoms with Crippen LogP contribution in [0.4, 0.5) is 0 Å². The second-order valence-electron chi connectivity index (χ2n) is 3.86. The first-order valence-corrected chi connectivity index (χ1v) is 5.44. The predicted octanol–water partition coefficient (Wildman–Crippen LogP) is 1.13. The third-order valence-electron chi connectivity index (χ3n) is 2.73. The first-order chi connectivity index (χ1) is 7.51. The number of aliphatic hydroxyl groups excluding tert-OH is 1. The molecule has 2 unspecified atom stereocenters. The van der Waals surface area contributed by atoms with Gasteiger partial charge in [-0.05, 0) is 12.8 Å². The van der Waals surface area contributed by atoms with E-state index in [9.17, 15) is 9.90 Å². The lowest BCUT2D eigenvalue weighted by atomic mass is 9.93. The molecular formula is C11H18N2O3. The Labute approximate surface area is 94.7 Å². The van der Waals surface area contributed by atoms with Crippen LogP contribution in [-0.2, 0) is 18.3 Å². The van der Waals surface area contributed by atoms with Crippen LogP contribution >= 0.6 is 0 Å². The Bertz CT molecular complexity index is 373. The van der Waals surface area contributed by atoms with Gasteiger partial charge in [-0.3, -0.25) is 9.48 Å². The summed E-state index contributed by atoms with van der Waals surface area (Å²) in [6, 6.07) is 0. The van der Waals surface area contributed by atoms with E-state index < -0.39 is 18.0 Å². The number of nitrogens with zero attached hydrogens (tertiary/aromatic N) is 2. The van der Waals surface area contributed by atoms with Crippen LogP contribution in [0.2, 0.25) is 0 Å². The zero-order valence-corrected chi connectivity index (χ0v) is 9.84. The standard InChI is InChI=1S/C11H18N2O3/c1-4-7(11(15)16)10(14)8-6-13(3)12-9(8)5-2/h6-7,10,14H,4-5H2,1-3H3,(H,15,16). The summed E-state index contributed by atoms with van der Waals surface area (Å²) in [7, 11) is 1.76. The second-order valence-corrected chi connectivity index (χ2v) is 3.86. The molecule has 0 saturated heterocycles. The van der Waals surface area contributed by atoms with E-state index in [4.69, 9.17) is 5.11 Å². The average Bonchev–Trinajstić information content (AvgIpc) is 2.59. The van der Waals surface area contributed by atoms with Crippen molar-refractivity contribution in [2.75, 3.05) is 0 Å². The molecule has 0 spiro atoms. The van der Waals surface area contributed by atoms with Crippen molar-refractivity contribution in [2.24, 2.45) is 13.0 Å². The van der Waals surface area contributed by atoms with Gasteiger partial charge in [0.25, 0.3) is 0 Å². The highest BCUT2D eigenvalue weighted by molar-refractivity contribution is 5.71. The molecule has 5 nitrogen and oxygen atoms in total. The highest BCUT2D eigenvalue weighted by Gasteiger charge is 2.28. The third kappa shape index (κ3) is 2.41. The minimum absolute atomic E-state index is 0.397. The molecule has 16 heavy (non-hydrogen) atoms. The largest absolute Gasteiger partial charge is 0.481 e. The van der Waals surface area contributed by atoms with Crippen molar-refractivity contribution < 1.29 is 15.0 Å². The van der Waals surface area contributed by atoms with E-state index in [0.29, 0.717) is 18.4 Å². The van der Waals surface area contributed by atoms with Crippen LogP contribution in [-0.4, -0.2) is 26.0 Å². The number of hydrogen-bond acceptors (Lipinski definition) is 3. The summed E-state index contributed by atoms with van der Waals surface area (Å²) in [5, 5.41) is 23.2. The molecule has 5 heteroatoms. The molecule has 90 valence electrons. The molecule has 0 radical (unpaired) electrons. The quantitative estimate of drug-likeness (QED) is 0.789. The van der Waals surface area contributed by atoms with Crippen LogP contribution in [0.25, 0.3) is 0 Å². The van der Waals surface area contributed by atoms with E-state index in [1.54, 1.807) is 24.9 Å².